The fourth-order valence-corrected chi connectivity index (χ4v) is 5.23. The second-order valence-electron chi connectivity index (χ2n) is 10.1. The smallest absolute Gasteiger partial charge is 0.475 e. The number of alkyl halides is 6. The van der Waals surface area contributed by atoms with Crippen LogP contribution in [0.3, 0.4) is 0 Å². The van der Waals surface area contributed by atoms with E-state index < -0.39 is 23.9 Å². The minimum atomic E-state index is -5.08. The van der Waals surface area contributed by atoms with Gasteiger partial charge in [0.25, 0.3) is 0 Å². The van der Waals surface area contributed by atoms with Crippen LogP contribution >= 0.6 is 0 Å². The summed E-state index contributed by atoms with van der Waals surface area (Å²) in [4.78, 5) is 23.5. The van der Waals surface area contributed by atoms with Gasteiger partial charge in [-0.3, -0.25) is 0 Å². The molecule has 1 aliphatic heterocycles. The summed E-state index contributed by atoms with van der Waals surface area (Å²) < 4.78 is 78.8. The van der Waals surface area contributed by atoms with Gasteiger partial charge in [0.05, 0.1) is 53.9 Å². The molecule has 1 saturated carbocycles. The Balaban J connectivity index is 0.000000451. The summed E-state index contributed by atoms with van der Waals surface area (Å²) in [6.45, 7) is 3.39. The van der Waals surface area contributed by atoms with Gasteiger partial charge in [0.2, 0.25) is 0 Å². The number of carboxylic acids is 1. The first kappa shape index (κ1) is 29.5. The fraction of sp³-hybridized carbons (Fsp3) is 0.444. The standard InChI is InChI=1S/C25H27F3N6O.C2HF3O2/c26-25(27,28)16-5-6-19-20(11-16)32-23(31-19)14-29-21-12-18(33-7-9-35-10-8-33)13-22-24(21)30-15-34(22)17-3-1-2-4-17;3-2(4,5)1(6)7/h5-6,11-13,15,17,29H,1-4,7-10,14H2,(H,31,32);(H,6,7). The van der Waals surface area contributed by atoms with Crippen molar-refractivity contribution in [3.63, 3.8) is 0 Å². The molecule has 0 spiro atoms. The Hall–Kier alpha value is -4.01. The van der Waals surface area contributed by atoms with Crippen LogP contribution in [-0.4, -0.2) is 63.1 Å². The number of morpholine rings is 1. The first-order valence-electron chi connectivity index (χ1n) is 13.3. The molecule has 0 unspecified atom stereocenters. The van der Waals surface area contributed by atoms with Gasteiger partial charge < -0.3 is 29.6 Å². The highest BCUT2D eigenvalue weighted by molar-refractivity contribution is 5.92. The summed E-state index contributed by atoms with van der Waals surface area (Å²) in [6, 6.07) is 8.35. The number of aromatic nitrogens is 4. The van der Waals surface area contributed by atoms with Gasteiger partial charge in [-0.2, -0.15) is 26.3 Å². The van der Waals surface area contributed by atoms with Crippen molar-refractivity contribution in [3.8, 4) is 0 Å². The Labute approximate surface area is 235 Å². The van der Waals surface area contributed by atoms with Gasteiger partial charge in [0.15, 0.2) is 0 Å². The highest BCUT2D eigenvalue weighted by Crippen LogP contribution is 2.36. The molecule has 4 aromatic rings. The maximum atomic E-state index is 13.1. The molecular formula is C27H28F6N6O3. The molecule has 9 nitrogen and oxygen atoms in total. The number of H-pyrrole nitrogens is 1. The number of imidazole rings is 2. The predicted octanol–water partition coefficient (Wildman–Crippen LogP) is 6.13. The molecule has 2 aromatic heterocycles. The first-order valence-corrected chi connectivity index (χ1v) is 13.3. The number of hydrogen-bond acceptors (Lipinski definition) is 6. The van der Waals surface area contributed by atoms with Crippen molar-refractivity contribution >= 4 is 39.4 Å². The van der Waals surface area contributed by atoms with Crippen molar-refractivity contribution in [2.45, 2.75) is 50.6 Å². The molecule has 6 rings (SSSR count). The maximum absolute atomic E-state index is 13.1. The Morgan fingerprint density at radius 1 is 1.07 bits per heavy atom. The molecule has 0 atom stereocenters. The largest absolute Gasteiger partial charge is 0.490 e. The van der Waals surface area contributed by atoms with Crippen LogP contribution in [0.25, 0.3) is 22.1 Å². The van der Waals surface area contributed by atoms with Crippen LogP contribution < -0.4 is 10.2 Å². The van der Waals surface area contributed by atoms with Crippen LogP contribution in [0, 0.1) is 0 Å². The normalized spacial score (nSPS) is 16.6. The zero-order chi connectivity index (χ0) is 30.1. The molecule has 0 amide bonds. The number of carboxylic acid groups (broad SMARTS) is 1. The number of nitrogens with one attached hydrogen (secondary N) is 2. The van der Waals surface area contributed by atoms with E-state index in [1.807, 2.05) is 6.33 Å². The van der Waals surface area contributed by atoms with E-state index in [1.165, 1.54) is 18.9 Å². The molecule has 0 radical (unpaired) electrons. The number of rotatable bonds is 5. The third kappa shape index (κ3) is 6.55. The fourth-order valence-electron chi connectivity index (χ4n) is 5.23. The van der Waals surface area contributed by atoms with Crippen LogP contribution in [0.2, 0.25) is 0 Å². The van der Waals surface area contributed by atoms with Gasteiger partial charge in [0, 0.05) is 24.8 Å². The predicted molar refractivity (Wildman–Crippen MR) is 142 cm³/mol. The van der Waals surface area contributed by atoms with Gasteiger partial charge in [-0.25, -0.2) is 14.8 Å². The third-order valence-electron chi connectivity index (χ3n) is 7.31. The van der Waals surface area contributed by atoms with Crippen molar-refractivity contribution in [1.29, 1.82) is 0 Å². The monoisotopic (exact) mass is 598 g/mol. The van der Waals surface area contributed by atoms with Crippen LogP contribution in [0.1, 0.15) is 43.1 Å². The second-order valence-corrected chi connectivity index (χ2v) is 10.1. The van der Waals surface area contributed by atoms with Crippen LogP contribution in [0.4, 0.5) is 37.7 Å². The molecule has 3 N–H and O–H groups in total. The van der Waals surface area contributed by atoms with E-state index in [0.29, 0.717) is 42.7 Å². The SMILES string of the molecule is FC(F)(F)c1ccc2nc(CNc3cc(N4CCOCC4)cc4c3ncn4C3CCCC3)[nH]c2c1.O=C(O)C(F)(F)F. The number of anilines is 2. The summed E-state index contributed by atoms with van der Waals surface area (Å²) in [7, 11) is 0. The number of aliphatic carboxylic acids is 1. The topological polar surface area (TPSA) is 108 Å². The van der Waals surface area contributed by atoms with Crippen molar-refractivity contribution < 1.29 is 41.0 Å². The number of benzene rings is 2. The Morgan fingerprint density at radius 3 is 2.40 bits per heavy atom. The molecule has 15 heteroatoms. The third-order valence-corrected chi connectivity index (χ3v) is 7.31. The zero-order valence-electron chi connectivity index (χ0n) is 22.2. The number of carbonyl (C=O) groups is 1. The zero-order valence-corrected chi connectivity index (χ0v) is 22.2. The van der Waals surface area contributed by atoms with E-state index in [4.69, 9.17) is 19.6 Å². The summed E-state index contributed by atoms with van der Waals surface area (Å²) in [6.07, 6.45) is -2.73. The van der Waals surface area contributed by atoms with E-state index in [9.17, 15) is 26.3 Å². The molecule has 1 aliphatic carbocycles. The van der Waals surface area contributed by atoms with E-state index >= 15 is 0 Å². The lowest BCUT2D eigenvalue weighted by atomic mass is 10.2. The second kappa shape index (κ2) is 11.7. The molecule has 3 heterocycles. The van der Waals surface area contributed by atoms with E-state index in [-0.39, 0.29) is 0 Å². The molecule has 0 bridgehead atoms. The lowest BCUT2D eigenvalue weighted by Crippen LogP contribution is -2.36. The van der Waals surface area contributed by atoms with Crippen molar-refractivity contribution in [2.24, 2.45) is 0 Å². The highest BCUT2D eigenvalue weighted by Gasteiger charge is 2.38. The Kier molecular flexibility index (Phi) is 8.21. The van der Waals surface area contributed by atoms with Crippen molar-refractivity contribution in [3.05, 3.63) is 48.0 Å². The van der Waals surface area contributed by atoms with Gasteiger partial charge in [-0.05, 0) is 43.2 Å². The van der Waals surface area contributed by atoms with Gasteiger partial charge >= 0.3 is 18.3 Å². The van der Waals surface area contributed by atoms with E-state index in [1.54, 1.807) is 0 Å². The molecule has 2 fully saturated rings. The van der Waals surface area contributed by atoms with Crippen molar-refractivity contribution in [1.82, 2.24) is 19.5 Å². The lowest BCUT2D eigenvalue weighted by molar-refractivity contribution is -0.192. The minimum Gasteiger partial charge on any atom is -0.475 e. The van der Waals surface area contributed by atoms with Crippen molar-refractivity contribution in [2.75, 3.05) is 36.5 Å². The Morgan fingerprint density at radius 2 is 1.76 bits per heavy atom. The number of aromatic amines is 1. The number of hydrogen-bond donors (Lipinski definition) is 3. The van der Waals surface area contributed by atoms with Crippen LogP contribution in [0.15, 0.2) is 36.7 Å². The number of fused-ring (bicyclic) bond motifs is 2. The summed E-state index contributed by atoms with van der Waals surface area (Å²) in [5.74, 6) is -2.19. The van der Waals surface area contributed by atoms with Crippen LogP contribution in [-0.2, 0) is 22.3 Å². The molecule has 226 valence electrons. The number of halogens is 6. The van der Waals surface area contributed by atoms with Gasteiger partial charge in [-0.15, -0.1) is 0 Å². The van der Waals surface area contributed by atoms with Gasteiger partial charge in [0.1, 0.15) is 11.3 Å². The molecule has 42 heavy (non-hydrogen) atoms. The average molecular weight is 599 g/mol. The highest BCUT2D eigenvalue weighted by atomic mass is 19.4. The van der Waals surface area contributed by atoms with Crippen LogP contribution in [0.5, 0.6) is 0 Å². The Bertz CT molecular complexity index is 1550. The number of ether oxygens (including phenoxy) is 1. The lowest BCUT2D eigenvalue weighted by Gasteiger charge is -2.29. The minimum absolute atomic E-state index is 0.341. The average Bonchev–Trinajstić information content (AvgIpc) is 3.70. The molecule has 2 aromatic carbocycles. The summed E-state index contributed by atoms with van der Waals surface area (Å²) in [5, 5.41) is 10.6. The first-order chi connectivity index (χ1) is 19.9. The quantitative estimate of drug-likeness (QED) is 0.237. The molecule has 1 saturated heterocycles. The number of nitrogens with zero attached hydrogens (tertiary/aromatic N) is 4. The van der Waals surface area contributed by atoms with Gasteiger partial charge in [-0.1, -0.05) is 12.8 Å². The summed E-state index contributed by atoms with van der Waals surface area (Å²) >= 11 is 0. The summed E-state index contributed by atoms with van der Waals surface area (Å²) in [5.41, 5.74) is 4.18. The molecular weight excluding hydrogens is 570 g/mol. The molecule has 2 aliphatic rings. The maximum Gasteiger partial charge on any atom is 0.490 e. The van der Waals surface area contributed by atoms with E-state index in [0.717, 1.165) is 60.5 Å². The van der Waals surface area contributed by atoms with E-state index in [2.05, 4.69) is 36.9 Å².